The number of rotatable bonds is 3. The number of nitrogens with one attached hydrogen (secondary N) is 1. The number of H-pyrrole nitrogens is 1. The molecule has 5 heteroatoms. The fourth-order valence-electron chi connectivity index (χ4n) is 2.04. The summed E-state index contributed by atoms with van der Waals surface area (Å²) < 4.78 is 0.878. The largest absolute Gasteiger partial charge is 0.383 e. The van der Waals surface area contributed by atoms with Gasteiger partial charge in [-0.05, 0) is 27.6 Å². The number of imidazole rings is 1. The van der Waals surface area contributed by atoms with Crippen LogP contribution in [0.3, 0.4) is 0 Å². The second-order valence-corrected chi connectivity index (χ2v) is 5.42. The van der Waals surface area contributed by atoms with E-state index in [1.54, 1.807) is 6.20 Å². The molecule has 20 heavy (non-hydrogen) atoms. The lowest BCUT2D eigenvalue weighted by molar-refractivity contribution is 1.11. The van der Waals surface area contributed by atoms with Crippen LogP contribution < -0.4 is 5.73 Å². The van der Waals surface area contributed by atoms with Crippen molar-refractivity contribution in [2.75, 3.05) is 5.73 Å². The molecule has 2 aromatic heterocycles. The first-order valence-electron chi connectivity index (χ1n) is 6.21. The second-order valence-electron chi connectivity index (χ2n) is 4.51. The number of halogens is 1. The lowest BCUT2D eigenvalue weighted by Gasteiger charge is -2.02. The molecule has 3 aromatic rings. The van der Waals surface area contributed by atoms with Gasteiger partial charge in [-0.3, -0.25) is 0 Å². The predicted molar refractivity (Wildman–Crippen MR) is 83.2 cm³/mol. The van der Waals surface area contributed by atoms with Crippen molar-refractivity contribution < 1.29 is 0 Å². The maximum atomic E-state index is 5.89. The molecule has 0 unspecified atom stereocenters. The van der Waals surface area contributed by atoms with E-state index in [1.807, 2.05) is 30.5 Å². The van der Waals surface area contributed by atoms with Gasteiger partial charge in [0.05, 0.1) is 5.56 Å². The Hall–Kier alpha value is -2.14. The van der Waals surface area contributed by atoms with Crippen molar-refractivity contribution in [1.82, 2.24) is 15.0 Å². The van der Waals surface area contributed by atoms with Crippen LogP contribution in [0, 0.1) is 0 Å². The van der Waals surface area contributed by atoms with Crippen LogP contribution in [0.15, 0.2) is 53.3 Å². The Bertz CT molecular complexity index is 722. The average molecular weight is 329 g/mol. The smallest absolute Gasteiger partial charge is 0.141 e. The Kier molecular flexibility index (Phi) is 3.52. The number of pyridine rings is 1. The van der Waals surface area contributed by atoms with Crippen molar-refractivity contribution >= 4 is 21.7 Å². The van der Waals surface area contributed by atoms with Gasteiger partial charge in [0.25, 0.3) is 0 Å². The molecule has 0 amide bonds. The predicted octanol–water partition coefficient (Wildman–Crippen LogP) is 3.41. The Balaban J connectivity index is 1.88. The van der Waals surface area contributed by atoms with Gasteiger partial charge in [-0.15, -0.1) is 0 Å². The third-order valence-electron chi connectivity index (χ3n) is 3.01. The zero-order chi connectivity index (χ0) is 13.9. The van der Waals surface area contributed by atoms with Crippen LogP contribution in [0.2, 0.25) is 0 Å². The van der Waals surface area contributed by atoms with Gasteiger partial charge in [-0.25, -0.2) is 9.97 Å². The van der Waals surface area contributed by atoms with Crippen LogP contribution in [0.25, 0.3) is 11.4 Å². The molecule has 3 N–H and O–H groups in total. The van der Waals surface area contributed by atoms with Crippen molar-refractivity contribution in [3.63, 3.8) is 0 Å². The summed E-state index contributed by atoms with van der Waals surface area (Å²) in [6.07, 6.45) is 4.32. The van der Waals surface area contributed by atoms with Gasteiger partial charge < -0.3 is 10.7 Å². The van der Waals surface area contributed by atoms with Gasteiger partial charge in [-0.1, -0.05) is 30.3 Å². The summed E-state index contributed by atoms with van der Waals surface area (Å²) in [6.45, 7) is 0. The zero-order valence-electron chi connectivity index (χ0n) is 10.7. The number of hydrogen-bond acceptors (Lipinski definition) is 3. The molecule has 0 aliphatic rings. The van der Waals surface area contributed by atoms with E-state index in [1.165, 1.54) is 5.56 Å². The van der Waals surface area contributed by atoms with Gasteiger partial charge in [0.1, 0.15) is 11.6 Å². The standard InChI is InChI=1S/C15H13BrN4/c16-11-7-13(14(17)18-8-11)15-19-9-12(20-15)6-10-4-2-1-3-5-10/h1-5,7-9H,6H2,(H2,17,18)(H,19,20). The van der Waals surface area contributed by atoms with E-state index in [0.717, 1.165) is 28.0 Å². The van der Waals surface area contributed by atoms with Crippen LogP contribution in [-0.2, 0) is 6.42 Å². The van der Waals surface area contributed by atoms with Gasteiger partial charge in [0.2, 0.25) is 0 Å². The third kappa shape index (κ3) is 2.72. The lowest BCUT2D eigenvalue weighted by atomic mass is 10.1. The van der Waals surface area contributed by atoms with Gasteiger partial charge in [-0.2, -0.15) is 0 Å². The number of aromatic amines is 1. The van der Waals surface area contributed by atoms with Gasteiger partial charge in [0.15, 0.2) is 0 Å². The molecule has 0 bridgehead atoms. The van der Waals surface area contributed by atoms with Crippen molar-refractivity contribution in [2.45, 2.75) is 6.42 Å². The number of nitrogen functional groups attached to an aromatic ring is 1. The fraction of sp³-hybridized carbons (Fsp3) is 0.0667. The summed E-state index contributed by atoms with van der Waals surface area (Å²) >= 11 is 3.39. The second kappa shape index (κ2) is 5.46. The minimum Gasteiger partial charge on any atom is -0.383 e. The number of aromatic nitrogens is 3. The molecule has 0 aliphatic heterocycles. The van der Waals surface area contributed by atoms with Crippen LogP contribution >= 0.6 is 15.9 Å². The fourth-order valence-corrected chi connectivity index (χ4v) is 2.37. The maximum Gasteiger partial charge on any atom is 0.141 e. The highest BCUT2D eigenvalue weighted by Crippen LogP contribution is 2.25. The molecule has 100 valence electrons. The minimum atomic E-state index is 0.466. The Morgan fingerprint density at radius 2 is 1.90 bits per heavy atom. The number of nitrogens with zero attached hydrogens (tertiary/aromatic N) is 2. The Morgan fingerprint density at radius 1 is 1.10 bits per heavy atom. The molecular weight excluding hydrogens is 316 g/mol. The summed E-state index contributed by atoms with van der Waals surface area (Å²) in [5, 5.41) is 0. The van der Waals surface area contributed by atoms with E-state index < -0.39 is 0 Å². The number of anilines is 1. The highest BCUT2D eigenvalue weighted by molar-refractivity contribution is 9.10. The molecule has 0 fully saturated rings. The molecule has 1 aromatic carbocycles. The van der Waals surface area contributed by atoms with Crippen LogP contribution in [0.5, 0.6) is 0 Å². The molecule has 0 saturated carbocycles. The minimum absolute atomic E-state index is 0.466. The summed E-state index contributed by atoms with van der Waals surface area (Å²) in [5.41, 5.74) is 8.98. The number of benzene rings is 1. The van der Waals surface area contributed by atoms with Crippen LogP contribution in [-0.4, -0.2) is 15.0 Å². The molecule has 2 heterocycles. The average Bonchev–Trinajstić information content (AvgIpc) is 2.91. The van der Waals surface area contributed by atoms with E-state index in [0.29, 0.717) is 5.82 Å². The molecule has 3 rings (SSSR count). The van der Waals surface area contributed by atoms with E-state index in [2.05, 4.69) is 43.0 Å². The molecule has 0 saturated heterocycles. The summed E-state index contributed by atoms with van der Waals surface area (Å²) in [4.78, 5) is 11.8. The number of hydrogen-bond donors (Lipinski definition) is 2. The number of nitrogens with two attached hydrogens (primary N) is 1. The first kappa shape index (κ1) is 12.9. The van der Waals surface area contributed by atoms with Gasteiger partial charge in [0, 0.05) is 29.0 Å². The van der Waals surface area contributed by atoms with Crippen molar-refractivity contribution in [3.8, 4) is 11.4 Å². The maximum absolute atomic E-state index is 5.89. The summed E-state index contributed by atoms with van der Waals surface area (Å²) in [7, 11) is 0. The normalized spacial score (nSPS) is 10.7. The summed E-state index contributed by atoms with van der Waals surface area (Å²) in [6, 6.07) is 12.2. The van der Waals surface area contributed by atoms with E-state index in [9.17, 15) is 0 Å². The highest BCUT2D eigenvalue weighted by Gasteiger charge is 2.09. The van der Waals surface area contributed by atoms with E-state index >= 15 is 0 Å². The molecular formula is C15H13BrN4. The highest BCUT2D eigenvalue weighted by atomic mass is 79.9. The SMILES string of the molecule is Nc1ncc(Br)cc1-c1ncc(Cc2ccccc2)[nH]1. The molecule has 4 nitrogen and oxygen atoms in total. The first-order chi connectivity index (χ1) is 9.72. The molecule has 0 aliphatic carbocycles. The zero-order valence-corrected chi connectivity index (χ0v) is 12.3. The van der Waals surface area contributed by atoms with E-state index in [4.69, 9.17) is 5.73 Å². The first-order valence-corrected chi connectivity index (χ1v) is 7.01. The molecule has 0 atom stereocenters. The Labute approximate surface area is 125 Å². The Morgan fingerprint density at radius 3 is 2.70 bits per heavy atom. The monoisotopic (exact) mass is 328 g/mol. The van der Waals surface area contributed by atoms with Crippen molar-refractivity contribution in [2.24, 2.45) is 0 Å². The van der Waals surface area contributed by atoms with Crippen LogP contribution in [0.1, 0.15) is 11.3 Å². The van der Waals surface area contributed by atoms with Crippen LogP contribution in [0.4, 0.5) is 5.82 Å². The van der Waals surface area contributed by atoms with Crippen molar-refractivity contribution in [1.29, 1.82) is 0 Å². The van der Waals surface area contributed by atoms with Gasteiger partial charge >= 0.3 is 0 Å². The van der Waals surface area contributed by atoms with Crippen molar-refractivity contribution in [3.05, 3.63) is 64.5 Å². The molecule has 0 radical (unpaired) electrons. The third-order valence-corrected chi connectivity index (χ3v) is 3.44. The summed E-state index contributed by atoms with van der Waals surface area (Å²) in [5.74, 6) is 1.20. The molecule has 0 spiro atoms. The quantitative estimate of drug-likeness (QED) is 0.774. The topological polar surface area (TPSA) is 67.6 Å². The lowest BCUT2D eigenvalue weighted by Crippen LogP contribution is -1.95. The van der Waals surface area contributed by atoms with E-state index in [-0.39, 0.29) is 0 Å².